The Balaban J connectivity index is 2.27. The van der Waals surface area contributed by atoms with Crippen LogP contribution in [0.5, 0.6) is 5.75 Å². The van der Waals surface area contributed by atoms with E-state index in [0.717, 1.165) is 13.0 Å². The largest absolute Gasteiger partial charge is 0.478 e. The molecule has 3 nitrogen and oxygen atoms in total. The van der Waals surface area contributed by atoms with Crippen LogP contribution < -0.4 is 4.74 Å². The lowest BCUT2D eigenvalue weighted by Crippen LogP contribution is -2.25. The molecular formula is C17H13F3O3. The van der Waals surface area contributed by atoms with Gasteiger partial charge in [0.05, 0.1) is 0 Å². The second kappa shape index (κ2) is 7.00. The van der Waals surface area contributed by atoms with E-state index in [1.807, 2.05) is 0 Å². The smallest absolute Gasteiger partial charge is 0.349 e. The van der Waals surface area contributed by atoms with Crippen LogP contribution in [0.25, 0.3) is 6.08 Å². The summed E-state index contributed by atoms with van der Waals surface area (Å²) < 4.78 is 45.6. The number of carboxylic acid groups (broad SMARTS) is 1. The summed E-state index contributed by atoms with van der Waals surface area (Å²) >= 11 is 0. The van der Waals surface area contributed by atoms with E-state index in [-0.39, 0.29) is 0 Å². The molecule has 2 aromatic carbocycles. The van der Waals surface area contributed by atoms with Crippen LogP contribution in [0, 0.1) is 24.4 Å². The van der Waals surface area contributed by atoms with Gasteiger partial charge in [0.1, 0.15) is 5.82 Å². The van der Waals surface area contributed by atoms with Crippen molar-refractivity contribution in [2.45, 2.75) is 13.0 Å². The van der Waals surface area contributed by atoms with E-state index in [9.17, 15) is 18.0 Å². The summed E-state index contributed by atoms with van der Waals surface area (Å²) in [6.45, 7) is 1.07. The van der Waals surface area contributed by atoms with E-state index in [1.165, 1.54) is 6.08 Å². The average molecular weight is 322 g/mol. The number of rotatable bonds is 5. The molecule has 1 N–H and O–H groups in total. The molecule has 120 valence electrons. The van der Waals surface area contributed by atoms with Crippen molar-refractivity contribution < 1.29 is 27.8 Å². The van der Waals surface area contributed by atoms with Gasteiger partial charge in [-0.05, 0) is 18.6 Å². The minimum atomic E-state index is -1.59. The lowest BCUT2D eigenvalue weighted by molar-refractivity contribution is -0.142. The standard InChI is InChI=1S/C17H13F3O3/c1-10-12(18)9-14(16(20)15(10)19)23-13(17(21)22)8-7-11-5-3-2-4-6-11/h2-9,13H,1H3,(H,21,22). The quantitative estimate of drug-likeness (QED) is 0.848. The Labute approximate surface area is 130 Å². The topological polar surface area (TPSA) is 46.5 Å². The first-order valence-corrected chi connectivity index (χ1v) is 6.67. The second-order valence-electron chi connectivity index (χ2n) is 4.76. The third-order valence-corrected chi connectivity index (χ3v) is 3.11. The van der Waals surface area contributed by atoms with Crippen LogP contribution in [0.3, 0.4) is 0 Å². The van der Waals surface area contributed by atoms with Crippen molar-refractivity contribution in [3.63, 3.8) is 0 Å². The van der Waals surface area contributed by atoms with Crippen LogP contribution in [-0.4, -0.2) is 17.2 Å². The van der Waals surface area contributed by atoms with Crippen LogP contribution >= 0.6 is 0 Å². The summed E-state index contributed by atoms with van der Waals surface area (Å²) in [4.78, 5) is 11.2. The Morgan fingerprint density at radius 3 is 2.43 bits per heavy atom. The van der Waals surface area contributed by atoms with Gasteiger partial charge in [0.15, 0.2) is 11.6 Å². The highest BCUT2D eigenvalue weighted by atomic mass is 19.2. The van der Waals surface area contributed by atoms with Gasteiger partial charge in [0.25, 0.3) is 0 Å². The monoisotopic (exact) mass is 322 g/mol. The highest BCUT2D eigenvalue weighted by molar-refractivity contribution is 5.76. The van der Waals surface area contributed by atoms with Gasteiger partial charge in [-0.1, -0.05) is 36.4 Å². The first kappa shape index (κ1) is 16.6. The van der Waals surface area contributed by atoms with Crippen molar-refractivity contribution in [3.8, 4) is 5.75 Å². The van der Waals surface area contributed by atoms with Gasteiger partial charge in [0, 0.05) is 11.6 Å². The first-order chi connectivity index (χ1) is 10.9. The van der Waals surface area contributed by atoms with Crippen LogP contribution in [0.15, 0.2) is 42.5 Å². The molecule has 0 fully saturated rings. The van der Waals surface area contributed by atoms with E-state index >= 15 is 0 Å². The summed E-state index contributed by atoms with van der Waals surface area (Å²) in [7, 11) is 0. The lowest BCUT2D eigenvalue weighted by atomic mass is 10.2. The Morgan fingerprint density at radius 1 is 1.17 bits per heavy atom. The fraction of sp³-hybridized carbons (Fsp3) is 0.118. The predicted molar refractivity (Wildman–Crippen MR) is 78.6 cm³/mol. The molecular weight excluding hydrogens is 309 g/mol. The molecule has 0 saturated heterocycles. The molecule has 0 aromatic heterocycles. The number of benzene rings is 2. The number of carbonyl (C=O) groups is 1. The van der Waals surface area contributed by atoms with E-state index in [1.54, 1.807) is 30.3 Å². The molecule has 1 atom stereocenters. The van der Waals surface area contributed by atoms with Gasteiger partial charge in [0.2, 0.25) is 11.9 Å². The minimum Gasteiger partial charge on any atom is -0.478 e. The van der Waals surface area contributed by atoms with Gasteiger partial charge >= 0.3 is 5.97 Å². The molecule has 0 spiro atoms. The summed E-state index contributed by atoms with van der Waals surface area (Å²) in [5, 5.41) is 9.11. The number of ether oxygens (including phenoxy) is 1. The molecule has 1 unspecified atom stereocenters. The van der Waals surface area contributed by atoms with Gasteiger partial charge in [-0.25, -0.2) is 13.6 Å². The van der Waals surface area contributed by atoms with Gasteiger partial charge in [-0.15, -0.1) is 0 Å². The number of aliphatic carboxylic acids is 1. The molecule has 0 amide bonds. The summed E-state index contributed by atoms with van der Waals surface area (Å²) in [5.41, 5.74) is 0.200. The Kier molecular flexibility index (Phi) is 5.05. The van der Waals surface area contributed by atoms with Gasteiger partial charge < -0.3 is 9.84 Å². The van der Waals surface area contributed by atoms with Crippen molar-refractivity contribution in [3.05, 3.63) is 71.1 Å². The third kappa shape index (κ3) is 3.91. The maximum atomic E-state index is 13.7. The van der Waals surface area contributed by atoms with E-state index in [2.05, 4.69) is 0 Å². The normalized spacial score (nSPS) is 12.3. The number of halogens is 3. The SMILES string of the molecule is Cc1c(F)cc(OC(C=Cc2ccccc2)C(=O)O)c(F)c1F. The maximum Gasteiger partial charge on any atom is 0.349 e. The Morgan fingerprint density at radius 2 is 1.83 bits per heavy atom. The molecule has 6 heteroatoms. The maximum absolute atomic E-state index is 13.7. The third-order valence-electron chi connectivity index (χ3n) is 3.11. The van der Waals surface area contributed by atoms with Crippen LogP contribution in [0.2, 0.25) is 0 Å². The zero-order valence-electron chi connectivity index (χ0n) is 12.1. The lowest BCUT2D eigenvalue weighted by Gasteiger charge is -2.13. The van der Waals surface area contributed by atoms with Crippen molar-refractivity contribution in [2.75, 3.05) is 0 Å². The summed E-state index contributed by atoms with van der Waals surface area (Å²) in [5.74, 6) is -6.07. The van der Waals surface area contributed by atoms with E-state index < -0.39 is 40.8 Å². The average Bonchev–Trinajstić information content (AvgIpc) is 2.54. The van der Waals surface area contributed by atoms with Crippen molar-refractivity contribution in [1.29, 1.82) is 0 Å². The second-order valence-corrected chi connectivity index (χ2v) is 4.76. The molecule has 0 saturated carbocycles. The fourth-order valence-electron chi connectivity index (χ4n) is 1.82. The first-order valence-electron chi connectivity index (χ1n) is 6.67. The van der Waals surface area contributed by atoms with Crippen LogP contribution in [0.1, 0.15) is 11.1 Å². The molecule has 0 aliphatic heterocycles. The molecule has 0 aliphatic carbocycles. The fourth-order valence-corrected chi connectivity index (χ4v) is 1.82. The molecule has 0 heterocycles. The zero-order chi connectivity index (χ0) is 17.0. The van der Waals surface area contributed by atoms with E-state index in [0.29, 0.717) is 11.6 Å². The number of hydrogen-bond donors (Lipinski definition) is 1. The molecule has 2 aromatic rings. The number of hydrogen-bond acceptors (Lipinski definition) is 2. The van der Waals surface area contributed by atoms with Crippen LogP contribution in [0.4, 0.5) is 13.2 Å². The molecule has 2 rings (SSSR count). The zero-order valence-corrected chi connectivity index (χ0v) is 12.1. The predicted octanol–water partition coefficient (Wildman–Crippen LogP) is 3.96. The molecule has 0 radical (unpaired) electrons. The van der Waals surface area contributed by atoms with E-state index in [4.69, 9.17) is 9.84 Å². The molecule has 0 aliphatic rings. The van der Waals surface area contributed by atoms with Crippen molar-refractivity contribution >= 4 is 12.0 Å². The van der Waals surface area contributed by atoms with Gasteiger partial charge in [-0.2, -0.15) is 4.39 Å². The summed E-state index contributed by atoms with van der Waals surface area (Å²) in [6.07, 6.45) is 1.02. The molecule has 0 bridgehead atoms. The Bertz CT molecular complexity index is 742. The minimum absolute atomic E-state index is 0.499. The highest BCUT2D eigenvalue weighted by Crippen LogP contribution is 2.26. The summed E-state index contributed by atoms with van der Waals surface area (Å²) in [6, 6.07) is 9.36. The van der Waals surface area contributed by atoms with Crippen LogP contribution in [-0.2, 0) is 4.79 Å². The highest BCUT2D eigenvalue weighted by Gasteiger charge is 2.22. The number of carboxylic acids is 1. The van der Waals surface area contributed by atoms with Crippen molar-refractivity contribution in [2.24, 2.45) is 0 Å². The van der Waals surface area contributed by atoms with Gasteiger partial charge in [-0.3, -0.25) is 0 Å². The van der Waals surface area contributed by atoms with Crippen molar-refractivity contribution in [1.82, 2.24) is 0 Å². The Hall–Kier alpha value is -2.76. The molecule has 23 heavy (non-hydrogen) atoms.